The number of rotatable bonds is 2. The average molecular weight is 182 g/mol. The lowest BCUT2D eigenvalue weighted by atomic mass is 10.1. The van der Waals surface area contributed by atoms with Crippen LogP contribution >= 0.6 is 0 Å². The Hall–Kier alpha value is -0.940. The maximum Gasteiger partial charge on any atom is 0.114 e. The molecule has 0 radical (unpaired) electrons. The summed E-state index contributed by atoms with van der Waals surface area (Å²) in [5, 5.41) is 20.7. The van der Waals surface area contributed by atoms with Crippen molar-refractivity contribution in [2.45, 2.75) is 25.5 Å². The molecule has 0 unspecified atom stereocenters. The molecule has 0 saturated carbocycles. The number of hydrogen-bond acceptors (Lipinski definition) is 4. The maximum absolute atomic E-state index is 9.64. The normalized spacial score (nSPS) is 18.7. The average Bonchev–Trinajstić information content (AvgIpc) is 2.29. The summed E-state index contributed by atoms with van der Waals surface area (Å²) < 4.78 is 1.81. The summed E-state index contributed by atoms with van der Waals surface area (Å²) in [5.41, 5.74) is -0.269. The summed E-state index contributed by atoms with van der Waals surface area (Å²) in [6.45, 7) is 5.30. The molecule has 0 aromatic carbocycles. The monoisotopic (exact) mass is 182 g/mol. The Labute approximate surface area is 76.8 Å². The minimum absolute atomic E-state index is 0.406. The molecule has 0 atom stereocenters. The van der Waals surface area contributed by atoms with Gasteiger partial charge >= 0.3 is 0 Å². The van der Waals surface area contributed by atoms with E-state index in [1.54, 1.807) is 13.8 Å². The first-order valence-corrected chi connectivity index (χ1v) is 4.43. The third kappa shape index (κ3) is 1.57. The van der Waals surface area contributed by atoms with E-state index in [4.69, 9.17) is 0 Å². The predicted molar refractivity (Wildman–Crippen MR) is 47.2 cm³/mol. The molecule has 5 nitrogen and oxygen atoms in total. The molecule has 1 saturated heterocycles. The van der Waals surface area contributed by atoms with Gasteiger partial charge in [0.1, 0.15) is 11.3 Å². The van der Waals surface area contributed by atoms with Crippen LogP contribution in [-0.4, -0.2) is 33.2 Å². The molecule has 2 N–H and O–H groups in total. The Kier molecular flexibility index (Phi) is 1.85. The van der Waals surface area contributed by atoms with Gasteiger partial charge in [-0.3, -0.25) is 0 Å². The zero-order chi connectivity index (χ0) is 9.47. The van der Waals surface area contributed by atoms with Gasteiger partial charge in [-0.2, -0.15) is 0 Å². The van der Waals surface area contributed by atoms with Crippen molar-refractivity contribution >= 4 is 0 Å². The van der Waals surface area contributed by atoms with E-state index in [9.17, 15) is 5.11 Å². The first-order chi connectivity index (χ1) is 6.07. The van der Waals surface area contributed by atoms with Crippen molar-refractivity contribution < 1.29 is 5.11 Å². The second-order valence-corrected chi connectivity index (χ2v) is 3.95. The van der Waals surface area contributed by atoms with Crippen LogP contribution in [0, 0.1) is 0 Å². The second-order valence-electron chi connectivity index (χ2n) is 3.95. The van der Waals surface area contributed by atoms with Crippen LogP contribution in [0.4, 0.5) is 0 Å². The van der Waals surface area contributed by atoms with Crippen LogP contribution in [0.3, 0.4) is 0 Å². The van der Waals surface area contributed by atoms with Gasteiger partial charge in [0.05, 0.1) is 12.2 Å². The summed E-state index contributed by atoms with van der Waals surface area (Å²) in [6, 6.07) is 0.406. The van der Waals surface area contributed by atoms with Gasteiger partial charge in [0.2, 0.25) is 0 Å². The third-order valence-electron chi connectivity index (χ3n) is 2.27. The highest BCUT2D eigenvalue weighted by molar-refractivity contribution is 5.04. The molecule has 1 aromatic heterocycles. The molecular formula is C8H14N4O. The highest BCUT2D eigenvalue weighted by Gasteiger charge is 2.24. The van der Waals surface area contributed by atoms with Crippen LogP contribution < -0.4 is 5.32 Å². The molecular weight excluding hydrogens is 168 g/mol. The Morgan fingerprint density at radius 3 is 2.69 bits per heavy atom. The Bertz CT molecular complexity index is 297. The minimum atomic E-state index is -0.893. The summed E-state index contributed by atoms with van der Waals surface area (Å²) in [6.07, 6.45) is 1.81. The predicted octanol–water partition coefficient (Wildman–Crippen LogP) is -0.350. The second kappa shape index (κ2) is 2.78. The SMILES string of the molecule is CC(C)(O)c1cn(C2CNC2)nn1. The van der Waals surface area contributed by atoms with Crippen molar-refractivity contribution in [2.24, 2.45) is 0 Å². The van der Waals surface area contributed by atoms with Gasteiger partial charge in [-0.15, -0.1) is 5.10 Å². The van der Waals surface area contributed by atoms with Crippen LogP contribution in [0.25, 0.3) is 0 Å². The quantitative estimate of drug-likeness (QED) is 0.656. The van der Waals surface area contributed by atoms with E-state index < -0.39 is 5.60 Å². The Balaban J connectivity index is 2.17. The first-order valence-electron chi connectivity index (χ1n) is 4.43. The number of aliphatic hydroxyl groups is 1. The van der Waals surface area contributed by atoms with Gasteiger partial charge in [0.25, 0.3) is 0 Å². The largest absolute Gasteiger partial charge is 0.384 e. The maximum atomic E-state index is 9.64. The summed E-state index contributed by atoms with van der Waals surface area (Å²) in [7, 11) is 0. The number of nitrogens with one attached hydrogen (secondary N) is 1. The number of aromatic nitrogens is 3. The fourth-order valence-corrected chi connectivity index (χ4v) is 1.20. The van der Waals surface area contributed by atoms with Gasteiger partial charge in [-0.25, -0.2) is 4.68 Å². The van der Waals surface area contributed by atoms with Crippen molar-refractivity contribution in [3.8, 4) is 0 Å². The molecule has 2 rings (SSSR count). The van der Waals surface area contributed by atoms with Gasteiger partial charge < -0.3 is 10.4 Å². The molecule has 1 fully saturated rings. The van der Waals surface area contributed by atoms with Gasteiger partial charge in [0.15, 0.2) is 0 Å². The highest BCUT2D eigenvalue weighted by Crippen LogP contribution is 2.18. The molecule has 13 heavy (non-hydrogen) atoms. The summed E-state index contributed by atoms with van der Waals surface area (Å²) in [4.78, 5) is 0. The number of nitrogens with zero attached hydrogens (tertiary/aromatic N) is 3. The molecule has 1 aliphatic heterocycles. The van der Waals surface area contributed by atoms with Crippen LogP contribution in [-0.2, 0) is 5.60 Å². The van der Waals surface area contributed by atoms with Crippen molar-refractivity contribution in [1.82, 2.24) is 20.3 Å². The zero-order valence-corrected chi connectivity index (χ0v) is 7.86. The summed E-state index contributed by atoms with van der Waals surface area (Å²) >= 11 is 0. The molecule has 0 aliphatic carbocycles. The Morgan fingerprint density at radius 1 is 1.62 bits per heavy atom. The lowest BCUT2D eigenvalue weighted by Crippen LogP contribution is -2.43. The standard InChI is InChI=1S/C8H14N4O/c1-8(2,13)7-5-12(11-10-7)6-3-9-4-6/h5-6,9,13H,3-4H2,1-2H3. The van der Waals surface area contributed by atoms with Crippen molar-refractivity contribution in [3.05, 3.63) is 11.9 Å². The minimum Gasteiger partial charge on any atom is -0.384 e. The van der Waals surface area contributed by atoms with Gasteiger partial charge in [-0.05, 0) is 13.8 Å². The van der Waals surface area contributed by atoms with E-state index in [2.05, 4.69) is 15.6 Å². The van der Waals surface area contributed by atoms with E-state index in [0.29, 0.717) is 11.7 Å². The lowest BCUT2D eigenvalue weighted by Gasteiger charge is -2.26. The lowest BCUT2D eigenvalue weighted by molar-refractivity contribution is 0.0737. The Morgan fingerprint density at radius 2 is 2.31 bits per heavy atom. The molecule has 1 aliphatic rings. The smallest absolute Gasteiger partial charge is 0.114 e. The van der Waals surface area contributed by atoms with E-state index in [0.717, 1.165) is 13.1 Å². The molecule has 0 bridgehead atoms. The summed E-state index contributed by atoms with van der Waals surface area (Å²) in [5.74, 6) is 0. The van der Waals surface area contributed by atoms with Crippen molar-refractivity contribution in [3.63, 3.8) is 0 Å². The topological polar surface area (TPSA) is 63.0 Å². The van der Waals surface area contributed by atoms with E-state index >= 15 is 0 Å². The van der Waals surface area contributed by atoms with Crippen LogP contribution in [0.5, 0.6) is 0 Å². The van der Waals surface area contributed by atoms with Crippen molar-refractivity contribution in [1.29, 1.82) is 0 Å². The molecule has 1 aromatic rings. The van der Waals surface area contributed by atoms with Gasteiger partial charge in [0, 0.05) is 13.1 Å². The van der Waals surface area contributed by atoms with E-state index in [1.165, 1.54) is 0 Å². The fraction of sp³-hybridized carbons (Fsp3) is 0.750. The molecule has 0 spiro atoms. The van der Waals surface area contributed by atoms with E-state index in [-0.39, 0.29) is 0 Å². The number of hydrogen-bond donors (Lipinski definition) is 2. The van der Waals surface area contributed by atoms with Crippen molar-refractivity contribution in [2.75, 3.05) is 13.1 Å². The van der Waals surface area contributed by atoms with Crippen LogP contribution in [0.1, 0.15) is 25.6 Å². The van der Waals surface area contributed by atoms with Crippen LogP contribution in [0.2, 0.25) is 0 Å². The zero-order valence-electron chi connectivity index (χ0n) is 7.86. The fourth-order valence-electron chi connectivity index (χ4n) is 1.20. The van der Waals surface area contributed by atoms with Crippen LogP contribution in [0.15, 0.2) is 6.20 Å². The molecule has 5 heteroatoms. The third-order valence-corrected chi connectivity index (χ3v) is 2.27. The highest BCUT2D eigenvalue weighted by atomic mass is 16.3. The molecule has 0 amide bonds. The molecule has 2 heterocycles. The molecule has 72 valence electrons. The first kappa shape index (κ1) is 8.65. The van der Waals surface area contributed by atoms with E-state index in [1.807, 2.05) is 10.9 Å². The van der Waals surface area contributed by atoms with Gasteiger partial charge in [-0.1, -0.05) is 5.21 Å².